The van der Waals surface area contributed by atoms with Gasteiger partial charge in [0.2, 0.25) is 0 Å². The van der Waals surface area contributed by atoms with Gasteiger partial charge < -0.3 is 5.32 Å². The summed E-state index contributed by atoms with van der Waals surface area (Å²) < 4.78 is 0. The largest absolute Gasteiger partial charge is 0.316 e. The number of nitrogens with zero attached hydrogens (tertiary/aromatic N) is 1. The number of hydrogen-bond acceptors (Lipinski definition) is 3. The molecule has 1 aromatic heterocycles. The minimum absolute atomic E-state index is 0.570. The van der Waals surface area contributed by atoms with Crippen LogP contribution in [0.3, 0.4) is 0 Å². The molecule has 1 aromatic rings. The number of nitrogens with one attached hydrogen (secondary N) is 1. The first-order valence-electron chi connectivity index (χ1n) is 7.06. The second-order valence-electron chi connectivity index (χ2n) is 5.14. The van der Waals surface area contributed by atoms with Crippen molar-refractivity contribution in [3.05, 3.63) is 30.1 Å². The average Bonchev–Trinajstić information content (AvgIpc) is 2.45. The van der Waals surface area contributed by atoms with Crippen LogP contribution in [-0.2, 0) is 6.42 Å². The van der Waals surface area contributed by atoms with Crippen LogP contribution in [0.2, 0.25) is 0 Å². The normalized spacial score (nSPS) is 18.7. The van der Waals surface area contributed by atoms with E-state index >= 15 is 0 Å². The molecule has 1 unspecified atom stereocenters. The molecule has 3 heteroatoms. The predicted molar refractivity (Wildman–Crippen MR) is 80.1 cm³/mol. The molecular formula is C15H24N2S. The van der Waals surface area contributed by atoms with Crippen LogP contribution in [0.15, 0.2) is 24.5 Å². The van der Waals surface area contributed by atoms with Crippen molar-refractivity contribution in [1.29, 1.82) is 0 Å². The maximum atomic E-state index is 4.19. The van der Waals surface area contributed by atoms with E-state index in [4.69, 9.17) is 0 Å². The van der Waals surface area contributed by atoms with Gasteiger partial charge in [-0.1, -0.05) is 25.3 Å². The molecular weight excluding hydrogens is 240 g/mol. The topological polar surface area (TPSA) is 24.9 Å². The van der Waals surface area contributed by atoms with Crippen LogP contribution in [-0.4, -0.2) is 29.1 Å². The Labute approximate surface area is 115 Å². The molecule has 1 saturated carbocycles. The van der Waals surface area contributed by atoms with E-state index in [0.29, 0.717) is 6.04 Å². The minimum Gasteiger partial charge on any atom is -0.316 e. The van der Waals surface area contributed by atoms with Crippen LogP contribution in [0.4, 0.5) is 0 Å². The van der Waals surface area contributed by atoms with E-state index in [9.17, 15) is 0 Å². The quantitative estimate of drug-likeness (QED) is 0.853. The van der Waals surface area contributed by atoms with Crippen molar-refractivity contribution >= 4 is 11.8 Å². The highest BCUT2D eigenvalue weighted by Crippen LogP contribution is 2.28. The Balaban J connectivity index is 1.75. The summed E-state index contributed by atoms with van der Waals surface area (Å²) in [7, 11) is 2.07. The molecule has 0 spiro atoms. The Morgan fingerprint density at radius 2 is 2.22 bits per heavy atom. The van der Waals surface area contributed by atoms with E-state index in [1.807, 2.05) is 18.5 Å². The molecule has 1 N–H and O–H groups in total. The van der Waals surface area contributed by atoms with Crippen molar-refractivity contribution in [2.24, 2.45) is 0 Å². The third-order valence-electron chi connectivity index (χ3n) is 3.70. The second kappa shape index (κ2) is 7.80. The van der Waals surface area contributed by atoms with Crippen molar-refractivity contribution in [2.75, 3.05) is 12.8 Å². The summed E-state index contributed by atoms with van der Waals surface area (Å²) >= 11 is 2.17. The van der Waals surface area contributed by atoms with E-state index in [1.54, 1.807) is 0 Å². The SMILES string of the molecule is CNC(CSC1CCCCC1)Cc1cccnc1. The highest BCUT2D eigenvalue weighted by molar-refractivity contribution is 7.99. The molecule has 1 aliphatic carbocycles. The van der Waals surface area contributed by atoms with E-state index in [2.05, 4.69) is 35.2 Å². The zero-order valence-electron chi connectivity index (χ0n) is 11.3. The van der Waals surface area contributed by atoms with Gasteiger partial charge in [0.05, 0.1) is 0 Å². The van der Waals surface area contributed by atoms with Gasteiger partial charge in [-0.3, -0.25) is 4.98 Å². The molecule has 1 heterocycles. The first kappa shape index (κ1) is 13.9. The fraction of sp³-hybridized carbons (Fsp3) is 0.667. The van der Waals surface area contributed by atoms with Gasteiger partial charge >= 0.3 is 0 Å². The van der Waals surface area contributed by atoms with Gasteiger partial charge in [0, 0.05) is 29.4 Å². The van der Waals surface area contributed by atoms with E-state index in [1.165, 1.54) is 43.4 Å². The van der Waals surface area contributed by atoms with Crippen LogP contribution in [0.25, 0.3) is 0 Å². The number of hydrogen-bond donors (Lipinski definition) is 1. The fourth-order valence-electron chi connectivity index (χ4n) is 2.53. The Morgan fingerprint density at radius 1 is 1.39 bits per heavy atom. The third-order valence-corrected chi connectivity index (χ3v) is 5.24. The molecule has 0 radical (unpaired) electrons. The number of pyridine rings is 1. The predicted octanol–water partition coefficient (Wildman–Crippen LogP) is 3.28. The van der Waals surface area contributed by atoms with Crippen LogP contribution >= 0.6 is 11.8 Å². The molecule has 2 nitrogen and oxygen atoms in total. The number of rotatable bonds is 6. The summed E-state index contributed by atoms with van der Waals surface area (Å²) in [5, 5.41) is 4.35. The summed E-state index contributed by atoms with van der Waals surface area (Å²) in [5.74, 6) is 1.22. The smallest absolute Gasteiger partial charge is 0.0300 e. The minimum atomic E-state index is 0.570. The molecule has 18 heavy (non-hydrogen) atoms. The molecule has 1 aliphatic rings. The zero-order valence-corrected chi connectivity index (χ0v) is 12.1. The molecule has 1 fully saturated rings. The molecule has 0 aliphatic heterocycles. The zero-order chi connectivity index (χ0) is 12.6. The van der Waals surface area contributed by atoms with Gasteiger partial charge in [0.15, 0.2) is 0 Å². The van der Waals surface area contributed by atoms with E-state index in [0.717, 1.165) is 11.7 Å². The lowest BCUT2D eigenvalue weighted by molar-refractivity contribution is 0.514. The van der Waals surface area contributed by atoms with Crippen LogP contribution in [0, 0.1) is 0 Å². The van der Waals surface area contributed by atoms with Crippen LogP contribution in [0.5, 0.6) is 0 Å². The first-order valence-corrected chi connectivity index (χ1v) is 8.11. The van der Waals surface area contributed by atoms with Gasteiger partial charge in [-0.15, -0.1) is 0 Å². The Morgan fingerprint density at radius 3 is 2.89 bits per heavy atom. The summed E-state index contributed by atoms with van der Waals surface area (Å²) in [4.78, 5) is 4.19. The van der Waals surface area contributed by atoms with Gasteiger partial charge in [-0.25, -0.2) is 0 Å². The lowest BCUT2D eigenvalue weighted by Gasteiger charge is -2.24. The molecule has 0 amide bonds. The monoisotopic (exact) mass is 264 g/mol. The molecule has 2 rings (SSSR count). The summed E-state index contributed by atoms with van der Waals surface area (Å²) in [6.45, 7) is 0. The number of aromatic nitrogens is 1. The molecule has 100 valence electrons. The van der Waals surface area contributed by atoms with Crippen LogP contribution < -0.4 is 5.32 Å². The highest BCUT2D eigenvalue weighted by atomic mass is 32.2. The average molecular weight is 264 g/mol. The maximum Gasteiger partial charge on any atom is 0.0300 e. The number of thioether (sulfide) groups is 1. The van der Waals surface area contributed by atoms with Crippen molar-refractivity contribution in [3.63, 3.8) is 0 Å². The van der Waals surface area contributed by atoms with E-state index in [-0.39, 0.29) is 0 Å². The summed E-state index contributed by atoms with van der Waals surface area (Å²) in [5.41, 5.74) is 1.33. The second-order valence-corrected chi connectivity index (χ2v) is 6.48. The lowest BCUT2D eigenvalue weighted by Crippen LogP contribution is -2.31. The molecule has 0 bridgehead atoms. The standard InChI is InChI=1S/C15H24N2S/c1-16-14(10-13-6-5-9-17-11-13)12-18-15-7-3-2-4-8-15/h5-6,9,11,14-16H,2-4,7-8,10,12H2,1H3. The summed E-state index contributed by atoms with van der Waals surface area (Å²) in [6, 6.07) is 4.76. The fourth-order valence-corrected chi connectivity index (χ4v) is 3.99. The van der Waals surface area contributed by atoms with Gasteiger partial charge in [0.25, 0.3) is 0 Å². The molecule has 0 aromatic carbocycles. The van der Waals surface area contributed by atoms with Gasteiger partial charge in [-0.2, -0.15) is 11.8 Å². The van der Waals surface area contributed by atoms with Crippen molar-refractivity contribution in [1.82, 2.24) is 10.3 Å². The molecule has 0 saturated heterocycles. The van der Waals surface area contributed by atoms with Crippen molar-refractivity contribution in [3.8, 4) is 0 Å². The first-order chi connectivity index (χ1) is 8.88. The van der Waals surface area contributed by atoms with Crippen molar-refractivity contribution < 1.29 is 0 Å². The maximum absolute atomic E-state index is 4.19. The number of likely N-dealkylation sites (N-methyl/N-ethyl adjacent to an activating group) is 1. The van der Waals surface area contributed by atoms with Gasteiger partial charge in [-0.05, 0) is 37.9 Å². The molecule has 1 atom stereocenters. The Hall–Kier alpha value is -0.540. The highest BCUT2D eigenvalue weighted by Gasteiger charge is 2.16. The summed E-state index contributed by atoms with van der Waals surface area (Å²) in [6.07, 6.45) is 12.1. The Bertz CT molecular complexity index is 323. The van der Waals surface area contributed by atoms with Crippen molar-refractivity contribution in [2.45, 2.75) is 49.8 Å². The Kier molecular flexibility index (Phi) is 6.01. The van der Waals surface area contributed by atoms with Gasteiger partial charge in [0.1, 0.15) is 0 Å². The third kappa shape index (κ3) is 4.62. The lowest BCUT2D eigenvalue weighted by atomic mass is 10.0. The van der Waals surface area contributed by atoms with E-state index < -0.39 is 0 Å². The van der Waals surface area contributed by atoms with Crippen LogP contribution in [0.1, 0.15) is 37.7 Å².